The molecule has 0 saturated carbocycles. The van der Waals surface area contributed by atoms with Gasteiger partial charge in [0.15, 0.2) is 0 Å². The summed E-state index contributed by atoms with van der Waals surface area (Å²) in [7, 11) is 3.45. The summed E-state index contributed by atoms with van der Waals surface area (Å²) in [5.74, 6) is 0.379. The summed E-state index contributed by atoms with van der Waals surface area (Å²) < 4.78 is 0. The fourth-order valence-electron chi connectivity index (χ4n) is 1.75. The minimum Gasteiger partial charge on any atom is -0.393 e. The first-order chi connectivity index (χ1) is 9.95. The first-order valence-corrected chi connectivity index (χ1v) is 6.82. The van der Waals surface area contributed by atoms with Crippen LogP contribution in [0.25, 0.3) is 0 Å². The van der Waals surface area contributed by atoms with Gasteiger partial charge < -0.3 is 20.6 Å². The third kappa shape index (κ3) is 5.43. The van der Waals surface area contributed by atoms with Gasteiger partial charge in [-0.05, 0) is 24.1 Å². The number of carbonyl (C=O) groups excluding carboxylic acids is 1. The first-order valence-electron chi connectivity index (χ1n) is 6.82. The van der Waals surface area contributed by atoms with Crippen LogP contribution in [0.3, 0.4) is 0 Å². The van der Waals surface area contributed by atoms with E-state index in [9.17, 15) is 4.79 Å². The van der Waals surface area contributed by atoms with Crippen molar-refractivity contribution in [2.45, 2.75) is 13.3 Å². The molecule has 0 spiro atoms. The van der Waals surface area contributed by atoms with E-state index in [2.05, 4.69) is 5.16 Å². The Labute approximate surface area is 125 Å². The molecule has 0 aliphatic carbocycles. The number of amides is 1. The van der Waals surface area contributed by atoms with Crippen LogP contribution >= 0.6 is 0 Å². The number of carbonyl (C=O) groups is 1. The van der Waals surface area contributed by atoms with Crippen LogP contribution in [-0.2, 0) is 11.3 Å². The number of benzene rings is 1. The molecule has 1 atom stereocenters. The summed E-state index contributed by atoms with van der Waals surface area (Å²) in [6, 6.07) is 7.43. The van der Waals surface area contributed by atoms with E-state index < -0.39 is 0 Å². The van der Waals surface area contributed by atoms with E-state index in [-0.39, 0.29) is 25.0 Å². The lowest BCUT2D eigenvalue weighted by molar-refractivity contribution is 0.0827. The van der Waals surface area contributed by atoms with Crippen LogP contribution in [0.1, 0.15) is 22.8 Å². The molecule has 6 nitrogen and oxygen atoms in total. The van der Waals surface area contributed by atoms with Crippen LogP contribution in [0.2, 0.25) is 0 Å². The van der Waals surface area contributed by atoms with E-state index in [1.54, 1.807) is 31.1 Å². The van der Waals surface area contributed by atoms with Gasteiger partial charge in [-0.15, -0.1) is 0 Å². The zero-order chi connectivity index (χ0) is 15.8. The molecule has 0 aromatic heterocycles. The lowest BCUT2D eigenvalue weighted by Gasteiger charge is -2.12. The van der Waals surface area contributed by atoms with Crippen LogP contribution in [0.15, 0.2) is 29.4 Å². The fourth-order valence-corrected chi connectivity index (χ4v) is 1.75. The Hall–Kier alpha value is -2.08. The molecule has 6 heteroatoms. The highest BCUT2D eigenvalue weighted by molar-refractivity contribution is 5.93. The van der Waals surface area contributed by atoms with Gasteiger partial charge in [0.1, 0.15) is 12.4 Å². The molecule has 0 aliphatic rings. The summed E-state index contributed by atoms with van der Waals surface area (Å²) in [5.41, 5.74) is 7.53. The molecule has 1 aromatic rings. The van der Waals surface area contributed by atoms with Crippen molar-refractivity contribution < 1.29 is 14.7 Å². The Morgan fingerprint density at radius 2 is 2.00 bits per heavy atom. The van der Waals surface area contributed by atoms with E-state index in [0.29, 0.717) is 17.8 Å². The molecular weight excluding hydrogens is 270 g/mol. The largest absolute Gasteiger partial charge is 0.393 e. The van der Waals surface area contributed by atoms with Gasteiger partial charge in [-0.1, -0.05) is 24.2 Å². The third-order valence-electron chi connectivity index (χ3n) is 3.01. The first kappa shape index (κ1) is 17.0. The van der Waals surface area contributed by atoms with Crippen molar-refractivity contribution in [3.05, 3.63) is 35.4 Å². The van der Waals surface area contributed by atoms with Crippen LogP contribution in [-0.4, -0.2) is 49.1 Å². The van der Waals surface area contributed by atoms with Gasteiger partial charge in [0.2, 0.25) is 0 Å². The number of oxime groups is 1. The fraction of sp³-hybridized carbons (Fsp3) is 0.467. The van der Waals surface area contributed by atoms with Crippen LogP contribution < -0.4 is 5.73 Å². The predicted octanol–water partition coefficient (Wildman–Crippen LogP) is 0.848. The van der Waals surface area contributed by atoms with Crippen LogP contribution in [0.4, 0.5) is 0 Å². The monoisotopic (exact) mass is 293 g/mol. The van der Waals surface area contributed by atoms with Crippen LogP contribution in [0.5, 0.6) is 0 Å². The SMILES string of the molecule is C[C@@H](Cc1ccc(C(=O)N(C)C)cc1)/C(N)=N/OCCO. The number of hydrogen-bond donors (Lipinski definition) is 2. The molecule has 1 rings (SSSR count). The molecule has 0 saturated heterocycles. The topological polar surface area (TPSA) is 88.2 Å². The van der Waals surface area contributed by atoms with Crippen molar-refractivity contribution in [3.63, 3.8) is 0 Å². The van der Waals surface area contributed by atoms with Gasteiger partial charge in [-0.2, -0.15) is 0 Å². The van der Waals surface area contributed by atoms with E-state index in [4.69, 9.17) is 15.7 Å². The minimum absolute atomic E-state index is 0.0130. The van der Waals surface area contributed by atoms with Gasteiger partial charge in [-0.25, -0.2) is 0 Å². The maximum Gasteiger partial charge on any atom is 0.253 e. The third-order valence-corrected chi connectivity index (χ3v) is 3.01. The Morgan fingerprint density at radius 1 is 1.38 bits per heavy atom. The molecule has 0 heterocycles. The number of hydrogen-bond acceptors (Lipinski definition) is 4. The van der Waals surface area contributed by atoms with Gasteiger partial charge in [0, 0.05) is 25.6 Å². The van der Waals surface area contributed by atoms with Crippen molar-refractivity contribution in [2.24, 2.45) is 16.8 Å². The highest BCUT2D eigenvalue weighted by Crippen LogP contribution is 2.11. The second kappa shape index (κ2) is 8.26. The number of amidine groups is 1. The van der Waals surface area contributed by atoms with Crippen LogP contribution in [0, 0.1) is 5.92 Å². The van der Waals surface area contributed by atoms with Gasteiger partial charge >= 0.3 is 0 Å². The molecule has 0 aliphatic heterocycles. The molecule has 1 aromatic carbocycles. The lowest BCUT2D eigenvalue weighted by atomic mass is 9.99. The molecule has 0 unspecified atom stereocenters. The Balaban J connectivity index is 2.63. The predicted molar refractivity (Wildman–Crippen MR) is 82.0 cm³/mol. The summed E-state index contributed by atoms with van der Waals surface area (Å²) in [6.45, 7) is 1.99. The van der Waals surface area contributed by atoms with E-state index in [1.165, 1.54) is 0 Å². The molecule has 3 N–H and O–H groups in total. The molecule has 116 valence electrons. The standard InChI is InChI=1S/C15H23N3O3/c1-11(14(16)17-21-9-8-19)10-12-4-6-13(7-5-12)15(20)18(2)3/h4-7,11,19H,8-10H2,1-3H3,(H2,16,17)/t11-/m0/s1. The lowest BCUT2D eigenvalue weighted by Crippen LogP contribution is -2.24. The Kier molecular flexibility index (Phi) is 6.68. The summed E-state index contributed by atoms with van der Waals surface area (Å²) >= 11 is 0. The summed E-state index contributed by atoms with van der Waals surface area (Å²) in [6.07, 6.45) is 0.703. The Morgan fingerprint density at radius 3 is 2.52 bits per heavy atom. The second-order valence-corrected chi connectivity index (χ2v) is 5.07. The maximum atomic E-state index is 11.8. The van der Waals surface area contributed by atoms with Crippen molar-refractivity contribution in [1.82, 2.24) is 4.90 Å². The Bertz CT molecular complexity index is 483. The van der Waals surface area contributed by atoms with Crippen molar-refractivity contribution in [2.75, 3.05) is 27.3 Å². The highest BCUT2D eigenvalue weighted by atomic mass is 16.6. The molecule has 21 heavy (non-hydrogen) atoms. The normalized spacial score (nSPS) is 12.9. The maximum absolute atomic E-state index is 11.8. The number of rotatable bonds is 7. The number of nitrogens with zero attached hydrogens (tertiary/aromatic N) is 2. The number of aliphatic hydroxyl groups excluding tert-OH is 1. The molecule has 0 fully saturated rings. The van der Waals surface area contributed by atoms with Crippen molar-refractivity contribution in [3.8, 4) is 0 Å². The zero-order valence-electron chi connectivity index (χ0n) is 12.7. The molecule has 0 bridgehead atoms. The summed E-state index contributed by atoms with van der Waals surface area (Å²) in [4.78, 5) is 18.2. The highest BCUT2D eigenvalue weighted by Gasteiger charge is 2.11. The quantitative estimate of drug-likeness (QED) is 0.337. The molecular formula is C15H23N3O3. The van der Waals surface area contributed by atoms with Gasteiger partial charge in [0.05, 0.1) is 6.61 Å². The minimum atomic E-state index is -0.0907. The average Bonchev–Trinajstić information content (AvgIpc) is 2.47. The molecule has 1 amide bonds. The van der Waals surface area contributed by atoms with E-state index in [0.717, 1.165) is 5.56 Å². The smallest absolute Gasteiger partial charge is 0.253 e. The number of aliphatic hydroxyl groups is 1. The van der Waals surface area contributed by atoms with Crippen molar-refractivity contribution in [1.29, 1.82) is 0 Å². The summed E-state index contributed by atoms with van der Waals surface area (Å²) in [5, 5.41) is 12.3. The van der Waals surface area contributed by atoms with Crippen molar-refractivity contribution >= 4 is 11.7 Å². The zero-order valence-corrected chi connectivity index (χ0v) is 12.7. The van der Waals surface area contributed by atoms with Gasteiger partial charge in [0.25, 0.3) is 5.91 Å². The number of nitrogens with two attached hydrogens (primary N) is 1. The van der Waals surface area contributed by atoms with E-state index in [1.807, 2.05) is 19.1 Å². The second-order valence-electron chi connectivity index (χ2n) is 5.07. The van der Waals surface area contributed by atoms with Gasteiger partial charge in [-0.3, -0.25) is 4.79 Å². The average molecular weight is 293 g/mol. The molecule has 0 radical (unpaired) electrons. The van der Waals surface area contributed by atoms with E-state index >= 15 is 0 Å².